The Balaban J connectivity index is 2.10. The van der Waals surface area contributed by atoms with Crippen LogP contribution in [0.3, 0.4) is 0 Å². The molecule has 0 aliphatic carbocycles. The monoisotopic (exact) mass is 370 g/mol. The number of carbonyl (C=O) groups excluding carboxylic acids is 1. The Morgan fingerprint density at radius 1 is 1.19 bits per heavy atom. The molecule has 1 amide bonds. The van der Waals surface area contributed by atoms with Crippen LogP contribution < -0.4 is 14.8 Å². The normalized spacial score (nSPS) is 10.9. The van der Waals surface area contributed by atoms with Gasteiger partial charge in [0.1, 0.15) is 0 Å². The Bertz CT molecular complexity index is 875. The number of nitro groups is 1. The molecule has 0 heterocycles. The first-order chi connectivity index (χ1) is 12.8. The molecule has 0 spiro atoms. The number of nitro benzene ring substituents is 1. The number of ether oxygens (including phenoxy) is 2. The molecule has 0 radical (unpaired) electrons. The van der Waals surface area contributed by atoms with Crippen LogP contribution in [-0.2, 0) is 4.79 Å². The molecule has 2 aromatic rings. The van der Waals surface area contributed by atoms with Crippen molar-refractivity contribution in [2.75, 3.05) is 12.4 Å². The highest BCUT2D eigenvalue weighted by Crippen LogP contribution is 2.29. The summed E-state index contributed by atoms with van der Waals surface area (Å²) in [6.07, 6.45) is 2.99. The van der Waals surface area contributed by atoms with E-state index in [2.05, 4.69) is 5.32 Å². The van der Waals surface area contributed by atoms with E-state index in [4.69, 9.17) is 9.47 Å². The SMILES string of the molecule is COc1cc(C=CC(=O)Nc2ccc(C)c([N+](=O)[O-])c2)ccc1OC(C)C. The van der Waals surface area contributed by atoms with Crippen LogP contribution in [-0.4, -0.2) is 24.0 Å². The summed E-state index contributed by atoms with van der Waals surface area (Å²) >= 11 is 0. The van der Waals surface area contributed by atoms with Crippen LogP contribution in [0.1, 0.15) is 25.0 Å². The Hall–Kier alpha value is -3.35. The van der Waals surface area contributed by atoms with Gasteiger partial charge in [-0.25, -0.2) is 0 Å². The van der Waals surface area contributed by atoms with E-state index in [9.17, 15) is 14.9 Å². The van der Waals surface area contributed by atoms with Crippen molar-refractivity contribution >= 4 is 23.4 Å². The third kappa shape index (κ3) is 5.57. The number of rotatable bonds is 7. The van der Waals surface area contributed by atoms with E-state index in [0.29, 0.717) is 22.7 Å². The first kappa shape index (κ1) is 20.0. The van der Waals surface area contributed by atoms with Gasteiger partial charge < -0.3 is 14.8 Å². The number of methoxy groups -OCH3 is 1. The van der Waals surface area contributed by atoms with Gasteiger partial charge in [-0.3, -0.25) is 14.9 Å². The molecular weight excluding hydrogens is 348 g/mol. The van der Waals surface area contributed by atoms with Gasteiger partial charge >= 0.3 is 0 Å². The van der Waals surface area contributed by atoms with Gasteiger partial charge in [-0.05, 0) is 50.6 Å². The van der Waals surface area contributed by atoms with Crippen LogP contribution in [0.4, 0.5) is 11.4 Å². The highest BCUT2D eigenvalue weighted by Gasteiger charge is 2.12. The molecule has 2 aromatic carbocycles. The zero-order valence-electron chi connectivity index (χ0n) is 15.7. The van der Waals surface area contributed by atoms with Crippen LogP contribution in [0.15, 0.2) is 42.5 Å². The molecule has 0 fully saturated rings. The van der Waals surface area contributed by atoms with Crippen molar-refractivity contribution in [1.29, 1.82) is 0 Å². The van der Waals surface area contributed by atoms with Crippen molar-refractivity contribution in [1.82, 2.24) is 0 Å². The zero-order chi connectivity index (χ0) is 20.0. The van der Waals surface area contributed by atoms with Crippen molar-refractivity contribution in [3.05, 3.63) is 63.7 Å². The van der Waals surface area contributed by atoms with Crippen LogP contribution in [0.25, 0.3) is 6.08 Å². The van der Waals surface area contributed by atoms with E-state index < -0.39 is 10.8 Å². The molecule has 7 nitrogen and oxygen atoms in total. The highest BCUT2D eigenvalue weighted by atomic mass is 16.6. The molecule has 2 rings (SSSR count). The molecule has 0 saturated heterocycles. The predicted molar refractivity (Wildman–Crippen MR) is 104 cm³/mol. The highest BCUT2D eigenvalue weighted by molar-refractivity contribution is 6.02. The van der Waals surface area contributed by atoms with Gasteiger partial charge in [-0.1, -0.05) is 12.1 Å². The number of aryl methyl sites for hydroxylation is 1. The lowest BCUT2D eigenvalue weighted by molar-refractivity contribution is -0.385. The summed E-state index contributed by atoms with van der Waals surface area (Å²) in [4.78, 5) is 22.6. The molecule has 0 bridgehead atoms. The molecule has 142 valence electrons. The minimum absolute atomic E-state index is 0.0182. The summed E-state index contributed by atoms with van der Waals surface area (Å²) < 4.78 is 11.0. The molecular formula is C20H22N2O5. The lowest BCUT2D eigenvalue weighted by Crippen LogP contribution is -2.08. The minimum Gasteiger partial charge on any atom is -0.493 e. The number of nitrogens with one attached hydrogen (secondary N) is 1. The van der Waals surface area contributed by atoms with E-state index in [1.165, 1.54) is 12.1 Å². The van der Waals surface area contributed by atoms with Gasteiger partial charge in [0.2, 0.25) is 5.91 Å². The third-order valence-corrected chi connectivity index (χ3v) is 3.65. The lowest BCUT2D eigenvalue weighted by atomic mass is 10.1. The van der Waals surface area contributed by atoms with E-state index in [1.807, 2.05) is 13.8 Å². The average molecular weight is 370 g/mol. The summed E-state index contributed by atoms with van der Waals surface area (Å²) in [7, 11) is 1.55. The fourth-order valence-corrected chi connectivity index (χ4v) is 2.38. The first-order valence-corrected chi connectivity index (χ1v) is 8.39. The third-order valence-electron chi connectivity index (χ3n) is 3.65. The number of carbonyl (C=O) groups is 1. The quantitative estimate of drug-likeness (QED) is 0.444. The first-order valence-electron chi connectivity index (χ1n) is 8.39. The van der Waals surface area contributed by atoms with E-state index in [0.717, 1.165) is 5.56 Å². The fraction of sp³-hybridized carbons (Fsp3) is 0.250. The van der Waals surface area contributed by atoms with Crippen molar-refractivity contribution in [2.24, 2.45) is 0 Å². The maximum atomic E-state index is 12.1. The smallest absolute Gasteiger partial charge is 0.274 e. The Morgan fingerprint density at radius 3 is 2.56 bits per heavy atom. The zero-order valence-corrected chi connectivity index (χ0v) is 15.7. The molecule has 0 unspecified atom stereocenters. The van der Waals surface area contributed by atoms with E-state index >= 15 is 0 Å². The molecule has 0 saturated carbocycles. The molecule has 0 atom stereocenters. The van der Waals surface area contributed by atoms with E-state index in [1.54, 1.807) is 50.4 Å². The maximum absolute atomic E-state index is 12.1. The van der Waals surface area contributed by atoms with Gasteiger partial charge in [-0.2, -0.15) is 0 Å². The Kier molecular flexibility index (Phi) is 6.54. The molecule has 0 aliphatic rings. The second-order valence-electron chi connectivity index (χ2n) is 6.16. The summed E-state index contributed by atoms with van der Waals surface area (Å²) in [6, 6.07) is 9.89. The fourth-order valence-electron chi connectivity index (χ4n) is 2.38. The molecule has 27 heavy (non-hydrogen) atoms. The number of anilines is 1. The standard InChI is InChI=1S/C20H22N2O5/c1-13(2)27-18-9-6-15(11-19(18)26-4)7-10-20(23)21-16-8-5-14(3)17(12-16)22(24)25/h5-13H,1-4H3,(H,21,23). The van der Waals surface area contributed by atoms with E-state index in [-0.39, 0.29) is 11.8 Å². The van der Waals surface area contributed by atoms with Gasteiger partial charge in [0, 0.05) is 23.4 Å². The van der Waals surface area contributed by atoms with Gasteiger partial charge in [0.15, 0.2) is 11.5 Å². The second kappa shape index (κ2) is 8.84. The van der Waals surface area contributed by atoms with Gasteiger partial charge in [-0.15, -0.1) is 0 Å². The van der Waals surface area contributed by atoms with Crippen molar-refractivity contribution < 1.29 is 19.2 Å². The molecule has 0 aromatic heterocycles. The topological polar surface area (TPSA) is 90.7 Å². The van der Waals surface area contributed by atoms with Crippen LogP contribution >= 0.6 is 0 Å². The summed E-state index contributed by atoms with van der Waals surface area (Å²) in [5, 5.41) is 13.6. The lowest BCUT2D eigenvalue weighted by Gasteiger charge is -2.13. The minimum atomic E-state index is -0.478. The number of amides is 1. The Labute approximate surface area is 157 Å². The van der Waals surface area contributed by atoms with Crippen molar-refractivity contribution in [2.45, 2.75) is 26.9 Å². The number of benzene rings is 2. The second-order valence-corrected chi connectivity index (χ2v) is 6.16. The van der Waals surface area contributed by atoms with Crippen LogP contribution in [0.5, 0.6) is 11.5 Å². The number of hydrogen-bond acceptors (Lipinski definition) is 5. The molecule has 7 heteroatoms. The molecule has 0 aliphatic heterocycles. The predicted octanol–water partition coefficient (Wildman–Crippen LogP) is 4.35. The van der Waals surface area contributed by atoms with Crippen LogP contribution in [0.2, 0.25) is 0 Å². The summed E-state index contributed by atoms with van der Waals surface area (Å²) in [5.74, 6) is 0.802. The number of hydrogen-bond donors (Lipinski definition) is 1. The summed E-state index contributed by atoms with van der Waals surface area (Å²) in [5.41, 5.74) is 1.61. The van der Waals surface area contributed by atoms with Crippen molar-refractivity contribution in [3.8, 4) is 11.5 Å². The molecule has 1 N–H and O–H groups in total. The van der Waals surface area contributed by atoms with Gasteiger partial charge in [0.05, 0.1) is 18.1 Å². The number of nitrogens with zero attached hydrogens (tertiary/aromatic N) is 1. The largest absolute Gasteiger partial charge is 0.493 e. The van der Waals surface area contributed by atoms with Gasteiger partial charge in [0.25, 0.3) is 5.69 Å². The summed E-state index contributed by atoms with van der Waals surface area (Å²) in [6.45, 7) is 5.49. The Morgan fingerprint density at radius 2 is 1.93 bits per heavy atom. The van der Waals surface area contributed by atoms with Crippen molar-refractivity contribution in [3.63, 3.8) is 0 Å². The maximum Gasteiger partial charge on any atom is 0.274 e. The van der Waals surface area contributed by atoms with Crippen LogP contribution in [0, 0.1) is 17.0 Å². The average Bonchev–Trinajstić information content (AvgIpc) is 2.61.